The minimum absolute atomic E-state index is 0.303. The molecule has 2 rings (SSSR count). The number of nitrogens with one attached hydrogen (secondary N) is 1. The molecule has 10 heteroatoms. The number of aromatic nitrogens is 2. The fourth-order valence-electron chi connectivity index (χ4n) is 2.84. The van der Waals surface area contributed by atoms with Crippen LogP contribution in [0.1, 0.15) is 54.7 Å². The molecule has 4 atom stereocenters. The lowest BCUT2D eigenvalue weighted by Gasteiger charge is -2.32. The number of hydrogen-bond acceptors (Lipinski definition) is 8. The van der Waals surface area contributed by atoms with E-state index in [1.807, 2.05) is 0 Å². The fraction of sp³-hybridized carbons (Fsp3) is 0.700. The Bertz CT molecular complexity index is 916. The number of H-pyrrole nitrogens is 1. The highest BCUT2D eigenvalue weighted by Crippen LogP contribution is 2.40. The van der Waals surface area contributed by atoms with Gasteiger partial charge in [-0.15, -0.1) is 0 Å². The summed E-state index contributed by atoms with van der Waals surface area (Å²) in [6.07, 6.45) is -2.40. The molecule has 0 unspecified atom stereocenters. The number of carbonyl (C=O) groups excluding carboxylic acids is 2. The van der Waals surface area contributed by atoms with Crippen LogP contribution in [0.25, 0.3) is 0 Å². The molecular formula is C20H30N2O8. The zero-order valence-electron chi connectivity index (χ0n) is 18.3. The number of aromatic amines is 1. The third-order valence-electron chi connectivity index (χ3n) is 4.66. The van der Waals surface area contributed by atoms with Gasteiger partial charge in [0.05, 0.1) is 10.8 Å². The van der Waals surface area contributed by atoms with Crippen LogP contribution in [0.15, 0.2) is 21.9 Å². The van der Waals surface area contributed by atoms with Gasteiger partial charge in [0.2, 0.25) is 0 Å². The highest BCUT2D eigenvalue weighted by Gasteiger charge is 2.57. The Morgan fingerprint density at radius 3 is 2.23 bits per heavy atom. The molecule has 1 saturated heterocycles. The molecule has 0 bridgehead atoms. The van der Waals surface area contributed by atoms with E-state index < -0.39 is 58.1 Å². The normalized spacial score (nSPS) is 27.0. The summed E-state index contributed by atoms with van der Waals surface area (Å²) in [7, 11) is 0. The lowest BCUT2D eigenvalue weighted by atomic mass is 9.93. The number of aliphatic hydroxyl groups is 1. The number of nitrogens with zero attached hydrogens (tertiary/aromatic N) is 1. The number of hydrogen-bond donors (Lipinski definition) is 2. The molecule has 0 spiro atoms. The summed E-state index contributed by atoms with van der Waals surface area (Å²) < 4.78 is 17.6. The zero-order chi connectivity index (χ0) is 23.1. The quantitative estimate of drug-likeness (QED) is 0.673. The third kappa shape index (κ3) is 4.99. The third-order valence-corrected chi connectivity index (χ3v) is 4.66. The molecule has 0 amide bonds. The van der Waals surface area contributed by atoms with Gasteiger partial charge in [-0.05, 0) is 48.5 Å². The molecule has 10 nitrogen and oxygen atoms in total. The van der Waals surface area contributed by atoms with E-state index in [0.717, 1.165) is 10.6 Å². The molecular weight excluding hydrogens is 396 g/mol. The van der Waals surface area contributed by atoms with Gasteiger partial charge in [-0.3, -0.25) is 23.9 Å². The summed E-state index contributed by atoms with van der Waals surface area (Å²) in [4.78, 5) is 50.4. The monoisotopic (exact) mass is 426 g/mol. The molecule has 1 aromatic rings. The Morgan fingerprint density at radius 1 is 1.17 bits per heavy atom. The first-order chi connectivity index (χ1) is 13.5. The first-order valence-electron chi connectivity index (χ1n) is 9.63. The van der Waals surface area contributed by atoms with Crippen molar-refractivity contribution in [1.29, 1.82) is 0 Å². The van der Waals surface area contributed by atoms with Crippen LogP contribution in [-0.2, 0) is 23.8 Å². The van der Waals surface area contributed by atoms with Crippen molar-refractivity contribution < 1.29 is 28.9 Å². The van der Waals surface area contributed by atoms with Crippen LogP contribution in [-0.4, -0.2) is 51.0 Å². The number of ether oxygens (including phenoxy) is 3. The van der Waals surface area contributed by atoms with Gasteiger partial charge >= 0.3 is 17.6 Å². The van der Waals surface area contributed by atoms with Crippen LogP contribution >= 0.6 is 0 Å². The molecule has 1 aliphatic rings. The van der Waals surface area contributed by atoms with E-state index in [1.54, 1.807) is 41.5 Å². The minimum Gasteiger partial charge on any atom is -0.462 e. The number of rotatable bonds is 4. The van der Waals surface area contributed by atoms with Crippen LogP contribution in [0.4, 0.5) is 0 Å². The predicted octanol–water partition coefficient (Wildman–Crippen LogP) is 0.732. The smallest absolute Gasteiger partial charge is 0.330 e. The summed E-state index contributed by atoms with van der Waals surface area (Å²) in [5.74, 6) is -1.10. The van der Waals surface area contributed by atoms with Gasteiger partial charge in [-0.1, -0.05) is 0 Å². The molecule has 168 valence electrons. The summed E-state index contributed by atoms with van der Waals surface area (Å²) in [5, 5.41) is 11.2. The van der Waals surface area contributed by atoms with Crippen LogP contribution in [0.5, 0.6) is 0 Å². The highest BCUT2D eigenvalue weighted by atomic mass is 16.6. The van der Waals surface area contributed by atoms with Gasteiger partial charge in [0, 0.05) is 12.3 Å². The average Bonchev–Trinajstić information content (AvgIpc) is 2.82. The van der Waals surface area contributed by atoms with Crippen molar-refractivity contribution >= 4 is 11.9 Å². The molecule has 0 saturated carbocycles. The molecule has 2 heterocycles. The molecule has 0 aromatic carbocycles. The molecule has 30 heavy (non-hydrogen) atoms. The van der Waals surface area contributed by atoms with Crippen LogP contribution in [0, 0.1) is 10.8 Å². The Hall–Kier alpha value is -2.46. The summed E-state index contributed by atoms with van der Waals surface area (Å²) >= 11 is 0. The molecule has 0 radical (unpaired) electrons. The van der Waals surface area contributed by atoms with E-state index >= 15 is 0 Å². The van der Waals surface area contributed by atoms with Crippen LogP contribution in [0.2, 0.25) is 0 Å². The lowest BCUT2D eigenvalue weighted by Crippen LogP contribution is -2.50. The molecule has 2 N–H and O–H groups in total. The standard InChI is InChI=1S/C20H30N2O8/c1-18(2,3)15(24)28-10-11-13(30-16(25)19(4,5)6)20(7,27)14(29-11)22-9-8-12(23)21-17(22)26/h8-9,11,13-14,27H,10H2,1-7H3,(H,21,23,26)/t11-,13-,14-,20+/m1/s1. The minimum atomic E-state index is -1.86. The van der Waals surface area contributed by atoms with Crippen molar-refractivity contribution in [1.82, 2.24) is 9.55 Å². The van der Waals surface area contributed by atoms with Crippen LogP contribution in [0.3, 0.4) is 0 Å². The van der Waals surface area contributed by atoms with E-state index in [2.05, 4.69) is 4.98 Å². The van der Waals surface area contributed by atoms with Gasteiger partial charge in [0.25, 0.3) is 5.56 Å². The van der Waals surface area contributed by atoms with Gasteiger partial charge in [0.15, 0.2) is 12.3 Å². The largest absolute Gasteiger partial charge is 0.462 e. The topological polar surface area (TPSA) is 137 Å². The maximum atomic E-state index is 12.5. The Kier molecular flexibility index (Phi) is 6.34. The summed E-state index contributed by atoms with van der Waals surface area (Å²) in [6.45, 7) is 11.0. The van der Waals surface area contributed by atoms with E-state index in [-0.39, 0.29) is 6.61 Å². The van der Waals surface area contributed by atoms with Crippen molar-refractivity contribution in [2.45, 2.75) is 72.5 Å². The summed E-state index contributed by atoms with van der Waals surface area (Å²) in [5.41, 5.74) is -4.91. The first-order valence-corrected chi connectivity index (χ1v) is 9.63. The summed E-state index contributed by atoms with van der Waals surface area (Å²) in [6, 6.07) is 1.10. The molecule has 1 aromatic heterocycles. The number of esters is 2. The van der Waals surface area contributed by atoms with Gasteiger partial charge in [-0.2, -0.15) is 0 Å². The van der Waals surface area contributed by atoms with E-state index in [1.165, 1.54) is 13.1 Å². The van der Waals surface area contributed by atoms with Crippen molar-refractivity contribution in [3.05, 3.63) is 33.1 Å². The van der Waals surface area contributed by atoms with Crippen molar-refractivity contribution in [3.63, 3.8) is 0 Å². The maximum absolute atomic E-state index is 12.5. The predicted molar refractivity (Wildman–Crippen MR) is 106 cm³/mol. The van der Waals surface area contributed by atoms with E-state index in [9.17, 15) is 24.3 Å². The van der Waals surface area contributed by atoms with Crippen molar-refractivity contribution in [2.75, 3.05) is 6.61 Å². The Labute approximate surface area is 174 Å². The molecule has 1 fully saturated rings. The van der Waals surface area contributed by atoms with Gasteiger partial charge in [0.1, 0.15) is 18.3 Å². The molecule has 1 aliphatic heterocycles. The first kappa shape index (κ1) is 23.8. The Morgan fingerprint density at radius 2 is 1.73 bits per heavy atom. The number of carbonyl (C=O) groups is 2. The van der Waals surface area contributed by atoms with Crippen molar-refractivity contribution in [2.24, 2.45) is 10.8 Å². The maximum Gasteiger partial charge on any atom is 0.330 e. The van der Waals surface area contributed by atoms with Gasteiger partial charge < -0.3 is 19.3 Å². The van der Waals surface area contributed by atoms with E-state index in [0.29, 0.717) is 0 Å². The fourth-order valence-corrected chi connectivity index (χ4v) is 2.84. The second-order valence-electron chi connectivity index (χ2n) is 9.69. The van der Waals surface area contributed by atoms with Crippen LogP contribution < -0.4 is 11.2 Å². The van der Waals surface area contributed by atoms with E-state index in [4.69, 9.17) is 14.2 Å². The Balaban J connectivity index is 2.39. The SMILES string of the molecule is CC(C)(C)C(=O)OC[C@H]1O[C@@H](n2ccc(=O)[nH]c2=O)[C@@](C)(O)[C@@H]1OC(=O)C(C)(C)C. The van der Waals surface area contributed by atoms with Gasteiger partial charge in [-0.25, -0.2) is 4.79 Å². The van der Waals surface area contributed by atoms with Crippen molar-refractivity contribution in [3.8, 4) is 0 Å². The second kappa shape index (κ2) is 7.99. The molecule has 0 aliphatic carbocycles. The highest BCUT2D eigenvalue weighted by molar-refractivity contribution is 5.76. The average molecular weight is 426 g/mol. The zero-order valence-corrected chi connectivity index (χ0v) is 18.3. The lowest BCUT2D eigenvalue weighted by molar-refractivity contribution is -0.175. The second-order valence-corrected chi connectivity index (χ2v) is 9.69.